The second-order valence-corrected chi connectivity index (χ2v) is 7.16. The lowest BCUT2D eigenvalue weighted by Crippen LogP contribution is -2.46. The van der Waals surface area contributed by atoms with Crippen LogP contribution in [0.15, 0.2) is 60.7 Å². The molecular weight excluding hydrogens is 364 g/mol. The highest BCUT2D eigenvalue weighted by molar-refractivity contribution is 6.25. The standard InChI is InChI=1S/C24H22N2O3/c1-3-21(27)25(20-13-5-4-8-16(20)2)14-15-26-23(28)18-11-6-9-17-10-7-12-19(22(17)18)24(26)29/h4-13H,3,14-15H2,1-2H3. The predicted molar refractivity (Wildman–Crippen MR) is 113 cm³/mol. The first kappa shape index (κ1) is 18.9. The third kappa shape index (κ3) is 3.18. The van der Waals surface area contributed by atoms with Crippen LogP contribution in [0.4, 0.5) is 5.69 Å². The molecule has 0 saturated heterocycles. The van der Waals surface area contributed by atoms with E-state index in [2.05, 4.69) is 0 Å². The second kappa shape index (κ2) is 7.51. The van der Waals surface area contributed by atoms with E-state index in [1.165, 1.54) is 4.90 Å². The van der Waals surface area contributed by atoms with Gasteiger partial charge in [0.15, 0.2) is 0 Å². The maximum absolute atomic E-state index is 13.1. The molecule has 5 heteroatoms. The van der Waals surface area contributed by atoms with Crippen LogP contribution in [0, 0.1) is 6.92 Å². The molecule has 0 N–H and O–H groups in total. The van der Waals surface area contributed by atoms with E-state index in [0.717, 1.165) is 16.6 Å². The smallest absolute Gasteiger partial charge is 0.261 e. The Morgan fingerprint density at radius 3 is 2.10 bits per heavy atom. The number of para-hydroxylation sites is 1. The summed E-state index contributed by atoms with van der Waals surface area (Å²) in [5, 5.41) is 1.59. The molecule has 3 aromatic carbocycles. The number of hydrogen-bond donors (Lipinski definition) is 0. The Balaban J connectivity index is 1.66. The van der Waals surface area contributed by atoms with Gasteiger partial charge < -0.3 is 4.90 Å². The first-order chi connectivity index (χ1) is 14.0. The second-order valence-electron chi connectivity index (χ2n) is 7.16. The maximum Gasteiger partial charge on any atom is 0.261 e. The highest BCUT2D eigenvalue weighted by Gasteiger charge is 2.33. The van der Waals surface area contributed by atoms with Crippen LogP contribution < -0.4 is 4.90 Å². The van der Waals surface area contributed by atoms with Gasteiger partial charge in [0, 0.05) is 41.7 Å². The summed E-state index contributed by atoms with van der Waals surface area (Å²) in [7, 11) is 0. The molecule has 1 heterocycles. The highest BCUT2D eigenvalue weighted by Crippen LogP contribution is 2.30. The third-order valence-electron chi connectivity index (χ3n) is 5.41. The molecule has 0 saturated carbocycles. The molecule has 0 spiro atoms. The normalized spacial score (nSPS) is 13.1. The van der Waals surface area contributed by atoms with Crippen molar-refractivity contribution < 1.29 is 14.4 Å². The van der Waals surface area contributed by atoms with Gasteiger partial charge in [-0.3, -0.25) is 19.3 Å². The van der Waals surface area contributed by atoms with E-state index in [9.17, 15) is 14.4 Å². The fourth-order valence-corrected chi connectivity index (χ4v) is 3.92. The highest BCUT2D eigenvalue weighted by atomic mass is 16.2. The van der Waals surface area contributed by atoms with Gasteiger partial charge >= 0.3 is 0 Å². The van der Waals surface area contributed by atoms with Crippen molar-refractivity contribution in [2.45, 2.75) is 20.3 Å². The molecule has 4 rings (SSSR count). The minimum Gasteiger partial charge on any atom is -0.310 e. The molecule has 3 aromatic rings. The Bertz CT molecular complexity index is 1090. The molecule has 0 unspecified atom stereocenters. The third-order valence-corrected chi connectivity index (χ3v) is 5.41. The lowest BCUT2D eigenvalue weighted by atomic mass is 9.94. The van der Waals surface area contributed by atoms with Crippen molar-refractivity contribution >= 4 is 34.2 Å². The van der Waals surface area contributed by atoms with Crippen LogP contribution in [-0.2, 0) is 4.79 Å². The van der Waals surface area contributed by atoms with Crippen LogP contribution in [0.1, 0.15) is 39.6 Å². The molecule has 146 valence electrons. The van der Waals surface area contributed by atoms with E-state index < -0.39 is 0 Å². The summed E-state index contributed by atoms with van der Waals surface area (Å²) in [6, 6.07) is 18.6. The van der Waals surface area contributed by atoms with E-state index in [1.807, 2.05) is 62.4 Å². The zero-order valence-electron chi connectivity index (χ0n) is 16.5. The number of benzene rings is 3. The Morgan fingerprint density at radius 1 is 0.897 bits per heavy atom. The van der Waals surface area contributed by atoms with Crippen LogP contribution >= 0.6 is 0 Å². The van der Waals surface area contributed by atoms with Gasteiger partial charge in [-0.1, -0.05) is 49.4 Å². The summed E-state index contributed by atoms with van der Waals surface area (Å²) >= 11 is 0. The van der Waals surface area contributed by atoms with Gasteiger partial charge in [-0.05, 0) is 36.1 Å². The Labute approximate surface area is 169 Å². The molecular formula is C24H22N2O3. The van der Waals surface area contributed by atoms with Gasteiger partial charge in [-0.2, -0.15) is 0 Å². The number of anilines is 1. The summed E-state index contributed by atoms with van der Waals surface area (Å²) in [5.41, 5.74) is 2.84. The zero-order valence-corrected chi connectivity index (χ0v) is 16.5. The van der Waals surface area contributed by atoms with Gasteiger partial charge in [0.25, 0.3) is 11.8 Å². The number of rotatable bonds is 5. The molecule has 29 heavy (non-hydrogen) atoms. The van der Waals surface area contributed by atoms with Crippen molar-refractivity contribution in [1.82, 2.24) is 4.90 Å². The monoisotopic (exact) mass is 386 g/mol. The summed E-state index contributed by atoms with van der Waals surface area (Å²) in [5.74, 6) is -0.667. The van der Waals surface area contributed by atoms with Crippen LogP contribution in [0.2, 0.25) is 0 Å². The van der Waals surface area contributed by atoms with Crippen molar-refractivity contribution in [3.63, 3.8) is 0 Å². The molecule has 1 aliphatic rings. The summed E-state index contributed by atoms with van der Waals surface area (Å²) in [6.07, 6.45) is 0.346. The predicted octanol–water partition coefficient (Wildman–Crippen LogP) is 4.19. The molecule has 5 nitrogen and oxygen atoms in total. The number of carbonyl (C=O) groups excluding carboxylic acids is 3. The van der Waals surface area contributed by atoms with Crippen molar-refractivity contribution in [3.05, 3.63) is 77.4 Å². The number of amides is 3. The zero-order chi connectivity index (χ0) is 20.5. The molecule has 0 atom stereocenters. The lowest BCUT2D eigenvalue weighted by Gasteiger charge is -2.30. The van der Waals surface area contributed by atoms with Gasteiger partial charge in [0.2, 0.25) is 5.91 Å². The van der Waals surface area contributed by atoms with E-state index in [0.29, 0.717) is 22.9 Å². The topological polar surface area (TPSA) is 57.7 Å². The average molecular weight is 386 g/mol. The largest absolute Gasteiger partial charge is 0.310 e. The van der Waals surface area contributed by atoms with Crippen molar-refractivity contribution in [1.29, 1.82) is 0 Å². The maximum atomic E-state index is 13.1. The minimum absolute atomic E-state index is 0.0429. The fourth-order valence-electron chi connectivity index (χ4n) is 3.92. The van der Waals surface area contributed by atoms with Crippen molar-refractivity contribution in [2.24, 2.45) is 0 Å². The van der Waals surface area contributed by atoms with Gasteiger partial charge in [-0.15, -0.1) is 0 Å². The Hall–Kier alpha value is -3.47. The fraction of sp³-hybridized carbons (Fsp3) is 0.208. The number of aryl methyl sites for hydroxylation is 1. The quantitative estimate of drug-likeness (QED) is 0.618. The summed E-state index contributed by atoms with van der Waals surface area (Å²) in [4.78, 5) is 41.7. The number of nitrogens with zero attached hydrogens (tertiary/aromatic N) is 2. The number of imide groups is 1. The Kier molecular flexibility index (Phi) is 4.89. The summed E-state index contributed by atoms with van der Waals surface area (Å²) in [6.45, 7) is 4.15. The number of carbonyl (C=O) groups is 3. The lowest BCUT2D eigenvalue weighted by molar-refractivity contribution is -0.118. The number of hydrogen-bond acceptors (Lipinski definition) is 3. The van der Waals surface area contributed by atoms with Gasteiger partial charge in [0.1, 0.15) is 0 Å². The van der Waals surface area contributed by atoms with E-state index >= 15 is 0 Å². The van der Waals surface area contributed by atoms with Crippen LogP contribution in [0.25, 0.3) is 10.8 Å². The average Bonchev–Trinajstić information content (AvgIpc) is 2.74. The molecule has 0 aromatic heterocycles. The molecule has 0 aliphatic carbocycles. The van der Waals surface area contributed by atoms with E-state index in [1.54, 1.807) is 17.0 Å². The van der Waals surface area contributed by atoms with Gasteiger partial charge in [0.05, 0.1) is 0 Å². The molecule has 3 amide bonds. The van der Waals surface area contributed by atoms with E-state index in [4.69, 9.17) is 0 Å². The molecule has 0 fully saturated rings. The van der Waals surface area contributed by atoms with Crippen molar-refractivity contribution in [3.8, 4) is 0 Å². The van der Waals surface area contributed by atoms with Crippen molar-refractivity contribution in [2.75, 3.05) is 18.0 Å². The molecule has 0 radical (unpaired) electrons. The van der Waals surface area contributed by atoms with Crippen LogP contribution in [-0.4, -0.2) is 35.7 Å². The molecule has 1 aliphatic heterocycles. The van der Waals surface area contributed by atoms with E-state index in [-0.39, 0.29) is 30.8 Å². The molecule has 0 bridgehead atoms. The first-order valence-electron chi connectivity index (χ1n) is 9.77. The minimum atomic E-state index is -0.312. The van der Waals surface area contributed by atoms with Gasteiger partial charge in [-0.25, -0.2) is 0 Å². The summed E-state index contributed by atoms with van der Waals surface area (Å²) < 4.78 is 0. The SMILES string of the molecule is CCC(=O)N(CCN1C(=O)c2cccc3cccc(c23)C1=O)c1ccccc1C. The van der Waals surface area contributed by atoms with Crippen LogP contribution in [0.5, 0.6) is 0 Å². The van der Waals surface area contributed by atoms with Crippen LogP contribution in [0.3, 0.4) is 0 Å². The first-order valence-corrected chi connectivity index (χ1v) is 9.77. The Morgan fingerprint density at radius 2 is 1.52 bits per heavy atom.